The number of thiophene rings is 1. The smallest absolute Gasteiger partial charge is 0.262 e. The van der Waals surface area contributed by atoms with Gasteiger partial charge in [0.1, 0.15) is 17.2 Å². The third-order valence-corrected chi connectivity index (χ3v) is 6.23. The fourth-order valence-electron chi connectivity index (χ4n) is 3.03. The number of nitrogens with zero attached hydrogens (tertiary/aromatic N) is 2. The summed E-state index contributed by atoms with van der Waals surface area (Å²) in [6.45, 7) is 0.848. The number of aryl methyl sites for hydroxylation is 2. The van der Waals surface area contributed by atoms with Crippen LogP contribution in [0.5, 0.6) is 5.75 Å². The van der Waals surface area contributed by atoms with Gasteiger partial charge in [0.2, 0.25) is 0 Å². The van der Waals surface area contributed by atoms with E-state index in [0.717, 1.165) is 34.0 Å². The normalized spacial score (nSPS) is 13.4. The molecule has 0 aliphatic heterocycles. The first-order valence-corrected chi connectivity index (χ1v) is 9.70. The monoisotopic (exact) mass is 424 g/mol. The minimum atomic E-state index is 0.0400. The molecule has 0 bridgehead atoms. The Morgan fingerprint density at radius 2 is 2.25 bits per heavy atom. The van der Waals surface area contributed by atoms with Gasteiger partial charge in [0, 0.05) is 9.90 Å². The van der Waals surface area contributed by atoms with Gasteiger partial charge in [-0.15, -0.1) is 11.3 Å². The molecule has 124 valence electrons. The Bertz CT molecular complexity index is 983. The minimum absolute atomic E-state index is 0.0400. The van der Waals surface area contributed by atoms with Gasteiger partial charge in [-0.2, -0.15) is 0 Å². The molecule has 0 unspecified atom stereocenters. The number of benzene rings is 1. The molecule has 0 saturated carbocycles. The van der Waals surface area contributed by atoms with E-state index in [-0.39, 0.29) is 5.56 Å². The zero-order valence-electron chi connectivity index (χ0n) is 12.7. The second kappa shape index (κ2) is 6.50. The van der Waals surface area contributed by atoms with Crippen molar-refractivity contribution < 1.29 is 4.74 Å². The Morgan fingerprint density at radius 3 is 3.08 bits per heavy atom. The van der Waals surface area contributed by atoms with Crippen molar-refractivity contribution in [2.45, 2.75) is 25.8 Å². The van der Waals surface area contributed by atoms with Crippen molar-refractivity contribution in [3.63, 3.8) is 0 Å². The molecule has 0 atom stereocenters. The summed E-state index contributed by atoms with van der Waals surface area (Å²) in [6.07, 6.45) is 4.82. The van der Waals surface area contributed by atoms with Crippen LogP contribution in [-0.2, 0) is 19.4 Å². The Hall–Kier alpha value is -1.37. The summed E-state index contributed by atoms with van der Waals surface area (Å²) in [5.41, 5.74) is 1.25. The molecule has 4 rings (SSSR count). The van der Waals surface area contributed by atoms with Crippen LogP contribution in [0.4, 0.5) is 0 Å². The van der Waals surface area contributed by atoms with E-state index in [2.05, 4.69) is 20.9 Å². The zero-order valence-corrected chi connectivity index (χ0v) is 15.9. The topological polar surface area (TPSA) is 44.1 Å². The van der Waals surface area contributed by atoms with E-state index >= 15 is 0 Å². The first kappa shape index (κ1) is 16.1. The number of hydrogen-bond acceptors (Lipinski definition) is 4. The lowest BCUT2D eigenvalue weighted by Crippen LogP contribution is -2.23. The van der Waals surface area contributed by atoms with Crippen molar-refractivity contribution in [3.8, 4) is 5.75 Å². The van der Waals surface area contributed by atoms with Crippen LogP contribution in [0.25, 0.3) is 10.2 Å². The van der Waals surface area contributed by atoms with Gasteiger partial charge in [-0.05, 0) is 59.0 Å². The third-order valence-electron chi connectivity index (χ3n) is 4.18. The van der Waals surface area contributed by atoms with Gasteiger partial charge in [-0.3, -0.25) is 9.36 Å². The molecule has 0 spiro atoms. The second-order valence-corrected chi connectivity index (χ2v) is 8.08. The molecule has 0 N–H and O–H groups in total. The highest BCUT2D eigenvalue weighted by Crippen LogP contribution is 2.34. The molecule has 2 aromatic heterocycles. The van der Waals surface area contributed by atoms with Gasteiger partial charge in [0.15, 0.2) is 0 Å². The average molecular weight is 426 g/mol. The molecular weight excluding hydrogens is 412 g/mol. The highest BCUT2D eigenvalue weighted by Gasteiger charge is 2.21. The van der Waals surface area contributed by atoms with Crippen LogP contribution < -0.4 is 10.3 Å². The summed E-state index contributed by atoms with van der Waals surface area (Å²) in [5.74, 6) is 0.706. The molecule has 1 aromatic carbocycles. The third kappa shape index (κ3) is 2.87. The van der Waals surface area contributed by atoms with Gasteiger partial charge in [0.05, 0.1) is 22.7 Å². The predicted octanol–water partition coefficient (Wildman–Crippen LogP) is 4.44. The Labute approximate surface area is 156 Å². The van der Waals surface area contributed by atoms with Crippen LogP contribution in [0, 0.1) is 0 Å². The van der Waals surface area contributed by atoms with Crippen LogP contribution in [0.15, 0.2) is 33.8 Å². The number of ether oxygens (including phenoxy) is 1. The molecule has 0 saturated heterocycles. The molecule has 0 radical (unpaired) electrons. The molecule has 1 aliphatic rings. The van der Waals surface area contributed by atoms with Gasteiger partial charge >= 0.3 is 0 Å². The van der Waals surface area contributed by atoms with Crippen LogP contribution in [-0.4, -0.2) is 16.2 Å². The first-order chi connectivity index (χ1) is 11.6. The molecular formula is C17H14BrClN2O2S. The van der Waals surface area contributed by atoms with Gasteiger partial charge in [0.25, 0.3) is 5.56 Å². The molecule has 3 aromatic rings. The highest BCUT2D eigenvalue weighted by molar-refractivity contribution is 9.10. The summed E-state index contributed by atoms with van der Waals surface area (Å²) >= 11 is 11.0. The van der Waals surface area contributed by atoms with E-state index in [9.17, 15) is 4.79 Å². The second-order valence-electron chi connectivity index (χ2n) is 5.70. The summed E-state index contributed by atoms with van der Waals surface area (Å²) in [4.78, 5) is 19.4. The van der Waals surface area contributed by atoms with Crippen molar-refractivity contribution in [2.24, 2.45) is 0 Å². The molecule has 0 amide bonds. The summed E-state index contributed by atoms with van der Waals surface area (Å²) in [5, 5.41) is 1.45. The van der Waals surface area contributed by atoms with Crippen molar-refractivity contribution in [1.82, 2.24) is 9.55 Å². The van der Waals surface area contributed by atoms with Crippen LogP contribution in [0.2, 0.25) is 5.02 Å². The van der Waals surface area contributed by atoms with Crippen LogP contribution in [0.3, 0.4) is 0 Å². The number of fused-ring (bicyclic) bond motifs is 3. The molecule has 24 heavy (non-hydrogen) atoms. The highest BCUT2D eigenvalue weighted by atomic mass is 79.9. The van der Waals surface area contributed by atoms with Crippen LogP contribution >= 0.6 is 38.9 Å². The lowest BCUT2D eigenvalue weighted by molar-refractivity contribution is 0.294. The van der Waals surface area contributed by atoms with Crippen LogP contribution in [0.1, 0.15) is 16.9 Å². The van der Waals surface area contributed by atoms with E-state index in [1.165, 1.54) is 10.4 Å². The summed E-state index contributed by atoms with van der Waals surface area (Å²) < 4.78 is 8.18. The Kier molecular flexibility index (Phi) is 4.37. The number of halogens is 2. The molecule has 7 heteroatoms. The lowest BCUT2D eigenvalue weighted by atomic mass is 10.2. The van der Waals surface area contributed by atoms with Crippen molar-refractivity contribution >= 4 is 49.1 Å². The fraction of sp³-hybridized carbons (Fsp3) is 0.294. The van der Waals surface area contributed by atoms with E-state index in [1.807, 2.05) is 6.07 Å². The Balaban J connectivity index is 1.55. The maximum atomic E-state index is 12.8. The van der Waals surface area contributed by atoms with Crippen molar-refractivity contribution in [2.75, 3.05) is 6.61 Å². The number of hydrogen-bond donors (Lipinski definition) is 0. The average Bonchev–Trinajstić information content (AvgIpc) is 3.12. The maximum Gasteiger partial charge on any atom is 0.262 e. The van der Waals surface area contributed by atoms with E-state index < -0.39 is 0 Å². The van der Waals surface area contributed by atoms with Crippen molar-refractivity contribution in [1.29, 1.82) is 0 Å². The zero-order chi connectivity index (χ0) is 16.7. The molecule has 4 nitrogen and oxygen atoms in total. The maximum absolute atomic E-state index is 12.8. The van der Waals surface area contributed by atoms with E-state index in [1.54, 1.807) is 34.4 Å². The van der Waals surface area contributed by atoms with Gasteiger partial charge < -0.3 is 4.74 Å². The molecule has 0 fully saturated rings. The number of aromatic nitrogens is 2. The number of rotatable bonds is 4. The van der Waals surface area contributed by atoms with E-state index in [0.29, 0.717) is 23.9 Å². The standard InChI is InChI=1S/C17H14BrClN2O2S/c18-12-8-10(19)4-5-13(12)23-7-6-21-9-20-16-15(17(21)22)11-2-1-3-14(11)24-16/h4-5,8-9H,1-3,6-7H2. The predicted molar refractivity (Wildman–Crippen MR) is 101 cm³/mol. The largest absolute Gasteiger partial charge is 0.491 e. The Morgan fingerprint density at radius 1 is 1.38 bits per heavy atom. The van der Waals surface area contributed by atoms with Crippen molar-refractivity contribution in [3.05, 3.63) is 54.8 Å². The minimum Gasteiger partial charge on any atom is -0.491 e. The molecule has 2 heterocycles. The quantitative estimate of drug-likeness (QED) is 0.620. The van der Waals surface area contributed by atoms with Gasteiger partial charge in [-0.25, -0.2) is 4.98 Å². The summed E-state index contributed by atoms with van der Waals surface area (Å²) in [6, 6.07) is 5.36. The fourth-order valence-corrected chi connectivity index (χ4v) is 5.04. The van der Waals surface area contributed by atoms with E-state index in [4.69, 9.17) is 16.3 Å². The molecule has 1 aliphatic carbocycles. The van der Waals surface area contributed by atoms with Gasteiger partial charge in [-0.1, -0.05) is 11.6 Å². The first-order valence-electron chi connectivity index (χ1n) is 7.71. The lowest BCUT2D eigenvalue weighted by Gasteiger charge is -2.10. The SMILES string of the molecule is O=c1c2c3c(sc2ncn1CCOc1ccc(Cl)cc1Br)CCC3. The summed E-state index contributed by atoms with van der Waals surface area (Å²) in [7, 11) is 0.